The maximum absolute atomic E-state index is 12.1. The van der Waals surface area contributed by atoms with Gasteiger partial charge in [0.05, 0.1) is 0 Å². The van der Waals surface area contributed by atoms with E-state index >= 15 is 0 Å². The van der Waals surface area contributed by atoms with Crippen molar-refractivity contribution in [2.75, 3.05) is 14.1 Å². The van der Waals surface area contributed by atoms with Crippen molar-refractivity contribution in [3.05, 3.63) is 69.7 Å². The fourth-order valence-corrected chi connectivity index (χ4v) is 3.94. The van der Waals surface area contributed by atoms with Gasteiger partial charge in [0, 0.05) is 29.4 Å². The van der Waals surface area contributed by atoms with E-state index in [1.165, 1.54) is 5.56 Å². The summed E-state index contributed by atoms with van der Waals surface area (Å²) in [5.41, 5.74) is 1.70. The Labute approximate surface area is 177 Å². The molecule has 1 aliphatic rings. The maximum Gasteiger partial charge on any atom is 0.148 e. The average molecular weight is 420 g/mol. The molecule has 0 unspecified atom stereocenters. The Morgan fingerprint density at radius 2 is 1.54 bits per heavy atom. The molecule has 0 bridgehead atoms. The van der Waals surface area contributed by atoms with Crippen molar-refractivity contribution in [1.29, 1.82) is 0 Å². The molecule has 0 spiro atoms. The predicted octanol–water partition coefficient (Wildman–Crippen LogP) is 5.78. The number of Topliss-reactive ketones (excluding diaryl/α,β-unsaturated/α-hetero) is 2. The molecule has 1 saturated carbocycles. The third kappa shape index (κ3) is 6.44. The SMILES string of the molecule is CC1(C)CC(=O)C(c2ccc(Cl)cc2Cl)C(=O)C1.CN(C)Cc1ccccc1. The first-order chi connectivity index (χ1) is 13.1. The fraction of sp³-hybridized carbons (Fsp3) is 0.391. The van der Waals surface area contributed by atoms with Crippen LogP contribution in [0, 0.1) is 5.41 Å². The number of carbonyl (C=O) groups is 2. The molecule has 0 N–H and O–H groups in total. The van der Waals surface area contributed by atoms with Gasteiger partial charge in [0.25, 0.3) is 0 Å². The van der Waals surface area contributed by atoms with Gasteiger partial charge >= 0.3 is 0 Å². The largest absolute Gasteiger partial charge is 0.305 e. The number of nitrogens with zero attached hydrogens (tertiary/aromatic N) is 1. The molecule has 1 aliphatic carbocycles. The quantitative estimate of drug-likeness (QED) is 0.591. The van der Waals surface area contributed by atoms with Crippen LogP contribution in [0.5, 0.6) is 0 Å². The number of hydrogen-bond acceptors (Lipinski definition) is 3. The van der Waals surface area contributed by atoms with Crippen molar-refractivity contribution >= 4 is 34.8 Å². The Kier molecular flexibility index (Phi) is 7.82. The van der Waals surface area contributed by atoms with Gasteiger partial charge in [-0.3, -0.25) is 9.59 Å². The molecule has 3 rings (SSSR count). The van der Waals surface area contributed by atoms with Crippen LogP contribution in [0.25, 0.3) is 0 Å². The van der Waals surface area contributed by atoms with Crippen molar-refractivity contribution in [2.45, 2.75) is 39.2 Å². The summed E-state index contributed by atoms with van der Waals surface area (Å²) in [4.78, 5) is 26.5. The zero-order valence-corrected chi connectivity index (χ0v) is 18.3. The summed E-state index contributed by atoms with van der Waals surface area (Å²) in [6, 6.07) is 15.3. The molecule has 2 aromatic carbocycles. The summed E-state index contributed by atoms with van der Waals surface area (Å²) in [6.45, 7) is 4.89. The Balaban J connectivity index is 0.000000237. The second kappa shape index (κ2) is 9.69. The smallest absolute Gasteiger partial charge is 0.148 e. The maximum atomic E-state index is 12.1. The Morgan fingerprint density at radius 3 is 2.04 bits per heavy atom. The molecular weight excluding hydrogens is 393 g/mol. The van der Waals surface area contributed by atoms with Crippen LogP contribution in [0.3, 0.4) is 0 Å². The minimum Gasteiger partial charge on any atom is -0.305 e. The summed E-state index contributed by atoms with van der Waals surface area (Å²) in [7, 11) is 4.15. The van der Waals surface area contributed by atoms with Crippen LogP contribution >= 0.6 is 23.2 Å². The number of carbonyl (C=O) groups excluding carboxylic acids is 2. The van der Waals surface area contributed by atoms with E-state index in [1.54, 1.807) is 18.2 Å². The minimum atomic E-state index is -0.720. The number of ketones is 2. The van der Waals surface area contributed by atoms with Gasteiger partial charge in [0.15, 0.2) is 0 Å². The Hall–Kier alpha value is -1.68. The van der Waals surface area contributed by atoms with Gasteiger partial charge < -0.3 is 4.90 Å². The average Bonchev–Trinajstić information content (AvgIpc) is 2.56. The van der Waals surface area contributed by atoms with Crippen molar-refractivity contribution in [3.8, 4) is 0 Å². The highest BCUT2D eigenvalue weighted by Crippen LogP contribution is 2.40. The molecule has 0 atom stereocenters. The van der Waals surface area contributed by atoms with E-state index in [1.807, 2.05) is 19.9 Å². The van der Waals surface area contributed by atoms with Gasteiger partial charge in [-0.15, -0.1) is 0 Å². The van der Waals surface area contributed by atoms with Crippen molar-refractivity contribution < 1.29 is 9.59 Å². The number of halogens is 2. The van der Waals surface area contributed by atoms with Crippen LogP contribution < -0.4 is 0 Å². The first kappa shape index (κ1) is 22.6. The minimum absolute atomic E-state index is 0.0551. The van der Waals surface area contributed by atoms with Gasteiger partial charge in [-0.2, -0.15) is 0 Å². The highest BCUT2D eigenvalue weighted by atomic mass is 35.5. The third-order valence-corrected chi connectivity index (χ3v) is 5.13. The van der Waals surface area contributed by atoms with Crippen molar-refractivity contribution in [3.63, 3.8) is 0 Å². The lowest BCUT2D eigenvalue weighted by Gasteiger charge is -2.32. The van der Waals surface area contributed by atoms with Crippen LogP contribution in [0.15, 0.2) is 48.5 Å². The summed E-state index contributed by atoms with van der Waals surface area (Å²) in [5, 5.41) is 0.883. The van der Waals surface area contributed by atoms with E-state index in [-0.39, 0.29) is 17.0 Å². The molecule has 5 heteroatoms. The highest BCUT2D eigenvalue weighted by molar-refractivity contribution is 6.35. The van der Waals surface area contributed by atoms with Crippen LogP contribution in [0.2, 0.25) is 10.0 Å². The van der Waals surface area contributed by atoms with E-state index in [4.69, 9.17) is 23.2 Å². The topological polar surface area (TPSA) is 37.4 Å². The lowest BCUT2D eigenvalue weighted by Crippen LogP contribution is -2.36. The van der Waals surface area contributed by atoms with Gasteiger partial charge in [-0.25, -0.2) is 0 Å². The summed E-state index contributed by atoms with van der Waals surface area (Å²) >= 11 is 11.9. The molecule has 0 aromatic heterocycles. The monoisotopic (exact) mass is 419 g/mol. The van der Waals surface area contributed by atoms with Crippen molar-refractivity contribution in [1.82, 2.24) is 4.90 Å². The van der Waals surface area contributed by atoms with E-state index < -0.39 is 5.92 Å². The van der Waals surface area contributed by atoms with E-state index in [0.29, 0.717) is 28.5 Å². The van der Waals surface area contributed by atoms with Crippen LogP contribution in [0.4, 0.5) is 0 Å². The molecule has 3 nitrogen and oxygen atoms in total. The van der Waals surface area contributed by atoms with E-state index in [9.17, 15) is 9.59 Å². The highest BCUT2D eigenvalue weighted by Gasteiger charge is 2.41. The Bertz CT molecular complexity index is 812. The van der Waals surface area contributed by atoms with Gasteiger partial charge in [0.2, 0.25) is 0 Å². The second-order valence-corrected chi connectivity index (χ2v) is 9.12. The molecule has 0 heterocycles. The molecule has 0 radical (unpaired) electrons. The van der Waals surface area contributed by atoms with Gasteiger partial charge in [-0.05, 0) is 42.8 Å². The number of rotatable bonds is 3. The molecule has 150 valence electrons. The lowest BCUT2D eigenvalue weighted by molar-refractivity contribution is -0.135. The zero-order chi connectivity index (χ0) is 20.9. The van der Waals surface area contributed by atoms with E-state index in [0.717, 1.165) is 6.54 Å². The molecule has 0 amide bonds. The normalized spacial score (nSPS) is 16.7. The molecular formula is C23H27Cl2NO2. The van der Waals surface area contributed by atoms with Crippen LogP contribution in [-0.4, -0.2) is 30.6 Å². The van der Waals surface area contributed by atoms with E-state index in [2.05, 4.69) is 43.3 Å². The molecule has 1 fully saturated rings. The first-order valence-electron chi connectivity index (χ1n) is 9.28. The predicted molar refractivity (Wildman–Crippen MR) is 116 cm³/mol. The zero-order valence-electron chi connectivity index (χ0n) is 16.8. The second-order valence-electron chi connectivity index (χ2n) is 8.27. The summed E-state index contributed by atoms with van der Waals surface area (Å²) in [5.74, 6) is -0.830. The number of benzene rings is 2. The fourth-order valence-electron chi connectivity index (χ4n) is 3.42. The third-order valence-electron chi connectivity index (χ3n) is 4.56. The molecule has 0 aliphatic heterocycles. The molecule has 0 saturated heterocycles. The molecule has 28 heavy (non-hydrogen) atoms. The summed E-state index contributed by atoms with van der Waals surface area (Å²) in [6.07, 6.45) is 0.810. The molecule has 2 aromatic rings. The lowest BCUT2D eigenvalue weighted by atomic mass is 9.70. The van der Waals surface area contributed by atoms with Gasteiger partial charge in [0.1, 0.15) is 17.5 Å². The van der Waals surface area contributed by atoms with Gasteiger partial charge in [-0.1, -0.05) is 73.4 Å². The number of hydrogen-bond donors (Lipinski definition) is 0. The van der Waals surface area contributed by atoms with Crippen LogP contribution in [-0.2, 0) is 16.1 Å². The van der Waals surface area contributed by atoms with Crippen LogP contribution in [0.1, 0.15) is 43.7 Å². The standard InChI is InChI=1S/C14H14Cl2O2.C9H13N/c1-14(2)6-11(17)13(12(18)7-14)9-4-3-8(15)5-10(9)16;1-10(2)8-9-6-4-3-5-7-9/h3-5,13H,6-7H2,1-2H3;3-7H,8H2,1-2H3. The summed E-state index contributed by atoms with van der Waals surface area (Å²) < 4.78 is 0. The van der Waals surface area contributed by atoms with Crippen molar-refractivity contribution in [2.24, 2.45) is 5.41 Å². The first-order valence-corrected chi connectivity index (χ1v) is 10.0. The Morgan fingerprint density at radius 1 is 0.964 bits per heavy atom.